The maximum absolute atomic E-state index is 13.4. The van der Waals surface area contributed by atoms with Crippen LogP contribution in [-0.4, -0.2) is 11.8 Å². The standard InChI is InChI=1S/C19H19FN2O2/c1-13-7-8-15(14(2)11-13)9-10-18(23)21-22-19(24)12-16-5-3-4-6-17(16)20/h3-11H,12H2,1-2H3,(H,21,23)(H,22,24)/b10-9+. The quantitative estimate of drug-likeness (QED) is 0.670. The number of halogens is 1. The van der Waals surface area contributed by atoms with E-state index < -0.39 is 17.6 Å². The Morgan fingerprint density at radius 3 is 2.54 bits per heavy atom. The first kappa shape index (κ1) is 17.4. The summed E-state index contributed by atoms with van der Waals surface area (Å²) in [4.78, 5) is 23.5. The Hall–Kier alpha value is -2.95. The molecule has 0 aliphatic heterocycles. The average Bonchev–Trinajstić information content (AvgIpc) is 2.54. The van der Waals surface area contributed by atoms with Crippen LogP contribution < -0.4 is 10.9 Å². The van der Waals surface area contributed by atoms with E-state index in [1.54, 1.807) is 18.2 Å². The van der Waals surface area contributed by atoms with Gasteiger partial charge in [-0.25, -0.2) is 4.39 Å². The molecule has 0 bridgehead atoms. The van der Waals surface area contributed by atoms with E-state index in [1.165, 1.54) is 18.2 Å². The van der Waals surface area contributed by atoms with Crippen LogP contribution in [-0.2, 0) is 16.0 Å². The Labute approximate surface area is 140 Å². The van der Waals surface area contributed by atoms with Gasteiger partial charge in [-0.05, 0) is 42.7 Å². The van der Waals surface area contributed by atoms with Crippen LogP contribution in [0.15, 0.2) is 48.5 Å². The maximum atomic E-state index is 13.4. The number of hydrazine groups is 1. The van der Waals surface area contributed by atoms with Gasteiger partial charge in [0.2, 0.25) is 5.91 Å². The molecule has 2 amide bonds. The van der Waals surface area contributed by atoms with E-state index in [1.807, 2.05) is 32.0 Å². The fourth-order valence-electron chi connectivity index (χ4n) is 2.21. The highest BCUT2D eigenvalue weighted by atomic mass is 19.1. The van der Waals surface area contributed by atoms with Crippen molar-refractivity contribution in [2.45, 2.75) is 20.3 Å². The van der Waals surface area contributed by atoms with Crippen LogP contribution in [0.1, 0.15) is 22.3 Å². The molecule has 0 aliphatic rings. The predicted octanol–water partition coefficient (Wildman–Crippen LogP) is 2.85. The molecule has 0 saturated heterocycles. The van der Waals surface area contributed by atoms with Crippen LogP contribution >= 0.6 is 0 Å². The number of benzene rings is 2. The van der Waals surface area contributed by atoms with Crippen molar-refractivity contribution < 1.29 is 14.0 Å². The number of nitrogens with one attached hydrogen (secondary N) is 2. The van der Waals surface area contributed by atoms with E-state index in [4.69, 9.17) is 0 Å². The van der Waals surface area contributed by atoms with Gasteiger partial charge in [0.25, 0.3) is 5.91 Å². The summed E-state index contributed by atoms with van der Waals surface area (Å²) in [5.41, 5.74) is 7.94. The minimum Gasteiger partial charge on any atom is -0.273 e. The lowest BCUT2D eigenvalue weighted by atomic mass is 10.1. The molecule has 0 fully saturated rings. The molecular weight excluding hydrogens is 307 g/mol. The molecule has 2 aromatic carbocycles. The third-order valence-corrected chi connectivity index (χ3v) is 3.47. The van der Waals surface area contributed by atoms with Crippen molar-refractivity contribution in [1.29, 1.82) is 0 Å². The van der Waals surface area contributed by atoms with Gasteiger partial charge in [0.15, 0.2) is 0 Å². The zero-order valence-corrected chi connectivity index (χ0v) is 13.6. The Morgan fingerprint density at radius 1 is 1.08 bits per heavy atom. The molecule has 2 N–H and O–H groups in total. The second kappa shape index (κ2) is 8.06. The first-order valence-electron chi connectivity index (χ1n) is 7.53. The summed E-state index contributed by atoms with van der Waals surface area (Å²) < 4.78 is 13.4. The number of carbonyl (C=O) groups is 2. The molecule has 2 rings (SSSR count). The smallest absolute Gasteiger partial charge is 0.262 e. The Kier molecular flexibility index (Phi) is 5.84. The van der Waals surface area contributed by atoms with Gasteiger partial charge in [-0.3, -0.25) is 20.4 Å². The monoisotopic (exact) mass is 326 g/mol. The lowest BCUT2D eigenvalue weighted by Gasteiger charge is -2.06. The van der Waals surface area contributed by atoms with Gasteiger partial charge in [-0.15, -0.1) is 0 Å². The highest BCUT2D eigenvalue weighted by molar-refractivity contribution is 5.93. The molecule has 24 heavy (non-hydrogen) atoms. The largest absolute Gasteiger partial charge is 0.273 e. The molecule has 0 saturated carbocycles. The van der Waals surface area contributed by atoms with Gasteiger partial charge in [-0.2, -0.15) is 0 Å². The maximum Gasteiger partial charge on any atom is 0.262 e. The molecule has 0 spiro atoms. The molecular formula is C19H19FN2O2. The van der Waals surface area contributed by atoms with Crippen molar-refractivity contribution in [3.63, 3.8) is 0 Å². The first-order valence-corrected chi connectivity index (χ1v) is 7.53. The van der Waals surface area contributed by atoms with Crippen molar-refractivity contribution in [2.75, 3.05) is 0 Å². The molecule has 5 heteroatoms. The van der Waals surface area contributed by atoms with Crippen molar-refractivity contribution in [3.05, 3.63) is 76.6 Å². The van der Waals surface area contributed by atoms with E-state index in [-0.39, 0.29) is 12.0 Å². The van der Waals surface area contributed by atoms with Crippen molar-refractivity contribution in [1.82, 2.24) is 10.9 Å². The molecule has 0 radical (unpaired) electrons. The SMILES string of the molecule is Cc1ccc(/C=C/C(=O)NNC(=O)Cc2ccccc2F)c(C)c1. The van der Waals surface area contributed by atoms with Gasteiger partial charge in [-0.1, -0.05) is 42.0 Å². The normalized spacial score (nSPS) is 10.6. The highest BCUT2D eigenvalue weighted by Gasteiger charge is 2.07. The van der Waals surface area contributed by atoms with Gasteiger partial charge >= 0.3 is 0 Å². The Morgan fingerprint density at radius 2 is 1.83 bits per heavy atom. The van der Waals surface area contributed by atoms with Crippen LogP contribution in [0.25, 0.3) is 6.08 Å². The molecule has 0 atom stereocenters. The number of carbonyl (C=O) groups excluding carboxylic acids is 2. The summed E-state index contributed by atoms with van der Waals surface area (Å²) in [6, 6.07) is 11.9. The zero-order chi connectivity index (χ0) is 17.5. The summed E-state index contributed by atoms with van der Waals surface area (Å²) in [5, 5.41) is 0. The van der Waals surface area contributed by atoms with E-state index in [2.05, 4.69) is 10.9 Å². The first-order chi connectivity index (χ1) is 11.5. The summed E-state index contributed by atoms with van der Waals surface area (Å²) in [6.07, 6.45) is 2.86. The number of aryl methyl sites for hydroxylation is 2. The van der Waals surface area contributed by atoms with Gasteiger partial charge in [0.1, 0.15) is 5.82 Å². The molecule has 0 unspecified atom stereocenters. The van der Waals surface area contributed by atoms with Crippen LogP contribution in [0.4, 0.5) is 4.39 Å². The molecule has 4 nitrogen and oxygen atoms in total. The lowest BCUT2D eigenvalue weighted by Crippen LogP contribution is -2.41. The molecule has 0 aromatic heterocycles. The van der Waals surface area contributed by atoms with Crippen LogP contribution in [0.5, 0.6) is 0 Å². The van der Waals surface area contributed by atoms with Crippen LogP contribution in [0.3, 0.4) is 0 Å². The minimum atomic E-state index is -0.492. The van der Waals surface area contributed by atoms with Gasteiger partial charge in [0.05, 0.1) is 6.42 Å². The summed E-state index contributed by atoms with van der Waals surface area (Å²) >= 11 is 0. The topological polar surface area (TPSA) is 58.2 Å². The van der Waals surface area contributed by atoms with Crippen molar-refractivity contribution in [2.24, 2.45) is 0 Å². The lowest BCUT2D eigenvalue weighted by molar-refractivity contribution is -0.126. The van der Waals surface area contributed by atoms with Crippen LogP contribution in [0.2, 0.25) is 0 Å². The second-order valence-electron chi connectivity index (χ2n) is 5.50. The summed E-state index contributed by atoms with van der Waals surface area (Å²) in [7, 11) is 0. The number of hydrogen-bond donors (Lipinski definition) is 2. The molecule has 2 aromatic rings. The summed E-state index contributed by atoms with van der Waals surface area (Å²) in [6.45, 7) is 3.96. The van der Waals surface area contributed by atoms with Crippen LogP contribution in [0, 0.1) is 19.7 Å². The zero-order valence-electron chi connectivity index (χ0n) is 13.6. The third-order valence-electron chi connectivity index (χ3n) is 3.47. The molecule has 0 heterocycles. The number of rotatable bonds is 4. The third kappa shape index (κ3) is 5.05. The van der Waals surface area contributed by atoms with E-state index in [0.29, 0.717) is 0 Å². The van der Waals surface area contributed by atoms with Gasteiger partial charge < -0.3 is 0 Å². The van der Waals surface area contributed by atoms with E-state index in [0.717, 1.165) is 16.7 Å². The fraction of sp³-hybridized carbons (Fsp3) is 0.158. The average molecular weight is 326 g/mol. The molecule has 124 valence electrons. The Bertz CT molecular complexity index is 785. The highest BCUT2D eigenvalue weighted by Crippen LogP contribution is 2.12. The van der Waals surface area contributed by atoms with E-state index in [9.17, 15) is 14.0 Å². The van der Waals surface area contributed by atoms with E-state index >= 15 is 0 Å². The molecule has 0 aliphatic carbocycles. The van der Waals surface area contributed by atoms with Crippen molar-refractivity contribution in [3.8, 4) is 0 Å². The predicted molar refractivity (Wildman–Crippen MR) is 91.3 cm³/mol. The number of hydrogen-bond acceptors (Lipinski definition) is 2. The minimum absolute atomic E-state index is 0.145. The Balaban J connectivity index is 1.85. The number of amides is 2. The van der Waals surface area contributed by atoms with Gasteiger partial charge in [0, 0.05) is 6.08 Å². The fourth-order valence-corrected chi connectivity index (χ4v) is 2.21. The second-order valence-corrected chi connectivity index (χ2v) is 5.50. The van der Waals surface area contributed by atoms with Crippen molar-refractivity contribution >= 4 is 17.9 Å². The summed E-state index contributed by atoms with van der Waals surface area (Å²) in [5.74, 6) is -1.40.